The van der Waals surface area contributed by atoms with Crippen LogP contribution in [0.5, 0.6) is 0 Å². The molecule has 0 fully saturated rings. The Kier molecular flexibility index (Phi) is 5.04. The van der Waals surface area contributed by atoms with Gasteiger partial charge in [-0.2, -0.15) is 0 Å². The molecule has 0 amide bonds. The van der Waals surface area contributed by atoms with Crippen molar-refractivity contribution in [3.8, 4) is 0 Å². The molecule has 0 heterocycles. The van der Waals surface area contributed by atoms with Gasteiger partial charge in [0.05, 0.1) is 25.0 Å². The molecule has 0 N–H and O–H groups in total. The molecular weight excluding hydrogens is 316 g/mol. The van der Waals surface area contributed by atoms with Gasteiger partial charge >= 0.3 is 11.9 Å². The zero-order valence-corrected chi connectivity index (χ0v) is 14.4. The highest BCUT2D eigenvalue weighted by Crippen LogP contribution is 2.46. The molecule has 5 nitrogen and oxygen atoms in total. The Morgan fingerprint density at radius 1 is 1.13 bits per heavy atom. The Morgan fingerprint density at radius 2 is 1.65 bits per heavy atom. The quantitative estimate of drug-likeness (QED) is 0.623. The van der Waals surface area contributed by atoms with Gasteiger partial charge in [0.1, 0.15) is 0 Å². The summed E-state index contributed by atoms with van der Waals surface area (Å²) < 4.78 is 22.4. The Bertz CT molecular complexity index is 659. The topological polar surface area (TPSA) is 69.7 Å². The minimum Gasteiger partial charge on any atom is -0.468 e. The Balaban J connectivity index is 2.35. The summed E-state index contributed by atoms with van der Waals surface area (Å²) in [6.07, 6.45) is 1.75. The molecule has 0 aliphatic heterocycles. The normalized spacial score (nSPS) is 20.5. The second kappa shape index (κ2) is 6.66. The summed E-state index contributed by atoms with van der Waals surface area (Å²) in [6.45, 7) is 3.68. The van der Waals surface area contributed by atoms with E-state index in [1.807, 2.05) is 19.1 Å². The van der Waals surface area contributed by atoms with E-state index in [4.69, 9.17) is 9.47 Å². The molecule has 0 bridgehead atoms. The number of allylic oxidation sites excluding steroid dienone is 2. The van der Waals surface area contributed by atoms with Crippen LogP contribution in [0.25, 0.3) is 0 Å². The standard InChI is InChI=1S/C17H20O5S/c1-11-5-7-13(8-6-11)23(20)14-9-12(2)17(10-14,15(18)21-3)16(19)22-4/h5-9,12H,10H2,1-4H3/t12-,23+/m0/s1. The van der Waals surface area contributed by atoms with Gasteiger partial charge in [0.25, 0.3) is 0 Å². The number of carbonyl (C=O) groups is 2. The summed E-state index contributed by atoms with van der Waals surface area (Å²) in [4.78, 5) is 25.7. The Morgan fingerprint density at radius 3 is 2.13 bits per heavy atom. The second-order valence-corrected chi connectivity index (χ2v) is 7.17. The van der Waals surface area contributed by atoms with E-state index < -0.39 is 34.1 Å². The van der Waals surface area contributed by atoms with Crippen LogP contribution in [0.4, 0.5) is 0 Å². The molecule has 6 heteroatoms. The van der Waals surface area contributed by atoms with E-state index in [1.54, 1.807) is 25.1 Å². The molecular formula is C17H20O5S. The molecule has 1 aromatic carbocycles. The van der Waals surface area contributed by atoms with Crippen LogP contribution < -0.4 is 0 Å². The number of hydrogen-bond donors (Lipinski definition) is 0. The smallest absolute Gasteiger partial charge is 0.324 e. The van der Waals surface area contributed by atoms with Crippen molar-refractivity contribution in [2.24, 2.45) is 11.3 Å². The number of ether oxygens (including phenoxy) is 2. The molecule has 1 aliphatic rings. The molecule has 1 aromatic rings. The molecule has 23 heavy (non-hydrogen) atoms. The van der Waals surface area contributed by atoms with E-state index >= 15 is 0 Å². The zero-order chi connectivity index (χ0) is 17.2. The van der Waals surface area contributed by atoms with Crippen LogP contribution in [0.1, 0.15) is 18.9 Å². The first-order chi connectivity index (χ1) is 10.9. The first kappa shape index (κ1) is 17.4. The van der Waals surface area contributed by atoms with Gasteiger partial charge in [-0.25, -0.2) is 4.21 Å². The minimum atomic E-state index is -1.46. The summed E-state index contributed by atoms with van der Waals surface area (Å²) in [5.41, 5.74) is -0.392. The lowest BCUT2D eigenvalue weighted by molar-refractivity contribution is -0.171. The van der Waals surface area contributed by atoms with Crippen molar-refractivity contribution in [1.29, 1.82) is 0 Å². The maximum atomic E-state index is 12.8. The molecule has 0 saturated heterocycles. The lowest BCUT2D eigenvalue weighted by Crippen LogP contribution is -2.43. The minimum absolute atomic E-state index is 0.0357. The molecule has 2 rings (SSSR count). The van der Waals surface area contributed by atoms with Crippen LogP contribution in [-0.4, -0.2) is 30.4 Å². The third-order valence-electron chi connectivity index (χ3n) is 4.24. The van der Waals surface area contributed by atoms with Crippen LogP contribution in [0.3, 0.4) is 0 Å². The molecule has 1 aliphatic carbocycles. The van der Waals surface area contributed by atoms with Crippen molar-refractivity contribution >= 4 is 22.7 Å². The summed E-state index contributed by atoms with van der Waals surface area (Å²) >= 11 is 0. The van der Waals surface area contributed by atoms with Gasteiger partial charge in [-0.1, -0.05) is 30.7 Å². The number of esters is 2. The van der Waals surface area contributed by atoms with E-state index in [9.17, 15) is 13.8 Å². The van der Waals surface area contributed by atoms with Crippen molar-refractivity contribution in [1.82, 2.24) is 0 Å². The van der Waals surface area contributed by atoms with Crippen LogP contribution in [0.15, 0.2) is 40.1 Å². The molecule has 0 unspecified atom stereocenters. The third kappa shape index (κ3) is 2.95. The van der Waals surface area contributed by atoms with Gasteiger partial charge in [0, 0.05) is 22.1 Å². The number of benzene rings is 1. The highest BCUT2D eigenvalue weighted by molar-refractivity contribution is 7.89. The molecule has 0 radical (unpaired) electrons. The molecule has 0 saturated carbocycles. The van der Waals surface area contributed by atoms with Gasteiger partial charge in [-0.3, -0.25) is 9.59 Å². The van der Waals surface area contributed by atoms with Crippen molar-refractivity contribution in [3.05, 3.63) is 40.8 Å². The van der Waals surface area contributed by atoms with E-state index in [1.165, 1.54) is 14.2 Å². The Hall–Kier alpha value is -1.95. The largest absolute Gasteiger partial charge is 0.468 e. The van der Waals surface area contributed by atoms with Gasteiger partial charge in [0.15, 0.2) is 5.41 Å². The fraction of sp³-hybridized carbons (Fsp3) is 0.412. The first-order valence-electron chi connectivity index (χ1n) is 7.22. The van der Waals surface area contributed by atoms with Crippen molar-refractivity contribution in [2.75, 3.05) is 14.2 Å². The van der Waals surface area contributed by atoms with Gasteiger partial charge < -0.3 is 9.47 Å². The van der Waals surface area contributed by atoms with Crippen LogP contribution in [0.2, 0.25) is 0 Å². The maximum absolute atomic E-state index is 12.8. The number of aryl methyl sites for hydroxylation is 1. The van der Waals surface area contributed by atoms with Gasteiger partial charge in [-0.05, 0) is 19.1 Å². The average molecular weight is 336 g/mol. The number of methoxy groups -OCH3 is 2. The summed E-state index contributed by atoms with van der Waals surface area (Å²) in [5.74, 6) is -1.78. The van der Waals surface area contributed by atoms with Gasteiger partial charge in [-0.15, -0.1) is 0 Å². The highest BCUT2D eigenvalue weighted by Gasteiger charge is 2.56. The van der Waals surface area contributed by atoms with Crippen LogP contribution in [0, 0.1) is 18.3 Å². The zero-order valence-electron chi connectivity index (χ0n) is 13.6. The van der Waals surface area contributed by atoms with Crippen LogP contribution >= 0.6 is 0 Å². The molecule has 0 spiro atoms. The van der Waals surface area contributed by atoms with Gasteiger partial charge in [0.2, 0.25) is 0 Å². The third-order valence-corrected chi connectivity index (χ3v) is 5.70. The van der Waals surface area contributed by atoms with E-state index in [2.05, 4.69) is 0 Å². The molecule has 124 valence electrons. The average Bonchev–Trinajstić information content (AvgIpc) is 2.91. The number of carbonyl (C=O) groups excluding carboxylic acids is 2. The maximum Gasteiger partial charge on any atom is 0.324 e. The van der Waals surface area contributed by atoms with E-state index in [-0.39, 0.29) is 6.42 Å². The molecule has 2 atom stereocenters. The van der Waals surface area contributed by atoms with Crippen molar-refractivity contribution in [3.63, 3.8) is 0 Å². The van der Waals surface area contributed by atoms with Crippen molar-refractivity contribution < 1.29 is 23.3 Å². The lowest BCUT2D eigenvalue weighted by Gasteiger charge is -2.27. The summed E-state index contributed by atoms with van der Waals surface area (Å²) in [5, 5.41) is 0. The van der Waals surface area contributed by atoms with E-state index in [0.29, 0.717) is 9.80 Å². The fourth-order valence-electron chi connectivity index (χ4n) is 2.82. The predicted molar refractivity (Wildman–Crippen MR) is 85.9 cm³/mol. The number of rotatable bonds is 4. The van der Waals surface area contributed by atoms with E-state index in [0.717, 1.165) is 5.56 Å². The number of hydrogen-bond acceptors (Lipinski definition) is 5. The first-order valence-corrected chi connectivity index (χ1v) is 8.37. The second-order valence-electron chi connectivity index (χ2n) is 5.63. The molecule has 0 aromatic heterocycles. The lowest BCUT2D eigenvalue weighted by atomic mass is 9.78. The SMILES string of the molecule is COC(=O)C1(C(=O)OC)CC([S@](=O)c2ccc(C)cc2)=C[C@@H]1C. The van der Waals surface area contributed by atoms with Crippen LogP contribution in [-0.2, 0) is 29.9 Å². The predicted octanol–water partition coefficient (Wildman–Crippen LogP) is 2.36. The van der Waals surface area contributed by atoms with Crippen molar-refractivity contribution in [2.45, 2.75) is 25.2 Å². The highest BCUT2D eigenvalue weighted by atomic mass is 32.2. The fourth-order valence-corrected chi connectivity index (χ4v) is 4.19. The summed E-state index contributed by atoms with van der Waals surface area (Å²) in [6, 6.07) is 7.32. The monoisotopic (exact) mass is 336 g/mol. The Labute approximate surface area is 138 Å². The summed E-state index contributed by atoms with van der Waals surface area (Å²) in [7, 11) is 1.04.